The Balaban J connectivity index is 1.80. The molecule has 6 nitrogen and oxygen atoms in total. The average molecular weight is 354 g/mol. The van der Waals surface area contributed by atoms with Crippen molar-refractivity contribution in [3.63, 3.8) is 0 Å². The van der Waals surface area contributed by atoms with Crippen LogP contribution in [0.2, 0.25) is 0 Å². The second kappa shape index (κ2) is 7.72. The number of pyridine rings is 1. The van der Waals surface area contributed by atoms with Crippen molar-refractivity contribution in [2.24, 2.45) is 16.0 Å². The van der Waals surface area contributed by atoms with Crippen LogP contribution in [0.25, 0.3) is 5.57 Å². The van der Waals surface area contributed by atoms with Crippen LogP contribution in [0, 0.1) is 5.92 Å². The van der Waals surface area contributed by atoms with Gasteiger partial charge in [0.25, 0.3) is 0 Å². The Bertz CT molecular complexity index is 851. The lowest BCUT2D eigenvalue weighted by Crippen LogP contribution is -2.22. The Hall–Kier alpha value is -2.99. The number of amides is 1. The zero-order chi connectivity index (χ0) is 17.6. The standard InChI is InChI=1S/C18H16ClN5O/c1-12-14(10-20-21-11-16(19)22-12)15-8-5-9-17(23-15)24-18(25)13-6-3-2-4-7-13/h2-6,8-11,13,20H,1,7H2,(H,23,24,25)/b14-10+,21-11-,22-16+. The summed E-state index contributed by atoms with van der Waals surface area (Å²) >= 11 is 5.91. The van der Waals surface area contributed by atoms with E-state index in [0.717, 1.165) is 0 Å². The van der Waals surface area contributed by atoms with Crippen molar-refractivity contribution in [1.82, 2.24) is 10.4 Å². The molecule has 7 heteroatoms. The highest BCUT2D eigenvalue weighted by atomic mass is 35.5. The lowest BCUT2D eigenvalue weighted by Gasteiger charge is -2.14. The zero-order valence-electron chi connectivity index (χ0n) is 13.3. The highest BCUT2D eigenvalue weighted by Gasteiger charge is 2.17. The van der Waals surface area contributed by atoms with Crippen LogP contribution in [0.1, 0.15) is 12.1 Å². The van der Waals surface area contributed by atoms with E-state index in [2.05, 4.69) is 32.4 Å². The Labute approximate surface area is 150 Å². The van der Waals surface area contributed by atoms with Gasteiger partial charge in [-0.05, 0) is 18.6 Å². The fraction of sp³-hybridized carbons (Fsp3) is 0.111. The molecule has 0 saturated heterocycles. The molecule has 1 aromatic rings. The van der Waals surface area contributed by atoms with Crippen molar-refractivity contribution in [1.29, 1.82) is 0 Å². The van der Waals surface area contributed by atoms with Gasteiger partial charge in [-0.3, -0.25) is 10.2 Å². The molecule has 0 fully saturated rings. The van der Waals surface area contributed by atoms with Crippen LogP contribution >= 0.6 is 11.6 Å². The number of anilines is 1. The number of carbonyl (C=O) groups is 1. The SMILES string of the molecule is C=C1/N=C(Cl)\C=N/N/C=C\1c1cccc(NC(=O)C2C=CC=CC2)n1. The first-order valence-corrected chi connectivity index (χ1v) is 8.05. The molecular weight excluding hydrogens is 338 g/mol. The van der Waals surface area contributed by atoms with Gasteiger partial charge in [0.1, 0.15) is 11.0 Å². The second-order valence-electron chi connectivity index (χ2n) is 5.38. The third-order valence-electron chi connectivity index (χ3n) is 3.60. The lowest BCUT2D eigenvalue weighted by molar-refractivity contribution is -0.118. The minimum absolute atomic E-state index is 0.0977. The van der Waals surface area contributed by atoms with E-state index in [1.54, 1.807) is 24.4 Å². The smallest absolute Gasteiger partial charge is 0.232 e. The maximum atomic E-state index is 12.3. The van der Waals surface area contributed by atoms with E-state index in [9.17, 15) is 4.79 Å². The van der Waals surface area contributed by atoms with Crippen molar-refractivity contribution >= 4 is 40.3 Å². The van der Waals surface area contributed by atoms with Crippen LogP contribution in [0.15, 0.2) is 71.1 Å². The van der Waals surface area contributed by atoms with Crippen molar-refractivity contribution < 1.29 is 4.79 Å². The summed E-state index contributed by atoms with van der Waals surface area (Å²) in [6, 6.07) is 5.33. The zero-order valence-corrected chi connectivity index (χ0v) is 14.1. The number of aromatic nitrogens is 1. The van der Waals surface area contributed by atoms with Gasteiger partial charge in [-0.25, -0.2) is 9.98 Å². The number of halogens is 1. The van der Waals surface area contributed by atoms with Gasteiger partial charge in [0.2, 0.25) is 5.91 Å². The van der Waals surface area contributed by atoms with Gasteiger partial charge in [-0.15, -0.1) is 0 Å². The minimum atomic E-state index is -0.189. The van der Waals surface area contributed by atoms with Crippen molar-refractivity contribution in [3.05, 3.63) is 66.7 Å². The fourth-order valence-corrected chi connectivity index (χ4v) is 2.51. The average Bonchev–Trinajstić information content (AvgIpc) is 2.61. The molecule has 0 saturated carbocycles. The maximum Gasteiger partial charge on any atom is 0.232 e. The molecule has 0 aromatic carbocycles. The molecular formula is C18H16ClN5O. The van der Waals surface area contributed by atoms with Gasteiger partial charge in [0.05, 0.1) is 23.5 Å². The van der Waals surface area contributed by atoms with E-state index in [-0.39, 0.29) is 17.0 Å². The normalized spacial score (nSPS) is 24.8. The Morgan fingerprint density at radius 3 is 3.04 bits per heavy atom. The molecule has 25 heavy (non-hydrogen) atoms. The van der Waals surface area contributed by atoms with Crippen LogP contribution in [0.3, 0.4) is 0 Å². The third kappa shape index (κ3) is 4.30. The molecule has 1 unspecified atom stereocenters. The predicted molar refractivity (Wildman–Crippen MR) is 101 cm³/mol. The van der Waals surface area contributed by atoms with Crippen LogP contribution in [-0.2, 0) is 4.79 Å². The molecule has 2 heterocycles. The van der Waals surface area contributed by atoms with Gasteiger partial charge >= 0.3 is 0 Å². The van der Waals surface area contributed by atoms with E-state index in [0.29, 0.717) is 29.2 Å². The fourth-order valence-electron chi connectivity index (χ4n) is 2.36. The maximum absolute atomic E-state index is 12.3. The molecule has 1 aromatic heterocycles. The number of hydrazone groups is 1. The van der Waals surface area contributed by atoms with E-state index < -0.39 is 0 Å². The summed E-state index contributed by atoms with van der Waals surface area (Å²) in [6.07, 6.45) is 11.3. The van der Waals surface area contributed by atoms with Gasteiger partial charge < -0.3 is 5.32 Å². The van der Waals surface area contributed by atoms with Gasteiger partial charge in [0.15, 0.2) is 0 Å². The molecule has 1 aliphatic carbocycles. The van der Waals surface area contributed by atoms with Gasteiger partial charge in [0, 0.05) is 11.8 Å². The number of allylic oxidation sites excluding steroid dienone is 4. The van der Waals surface area contributed by atoms with Gasteiger partial charge in [-0.1, -0.05) is 48.6 Å². The number of nitrogens with one attached hydrogen (secondary N) is 2. The molecule has 1 aliphatic heterocycles. The molecule has 126 valence electrons. The summed E-state index contributed by atoms with van der Waals surface area (Å²) in [5.41, 5.74) is 4.42. The highest BCUT2D eigenvalue weighted by Crippen LogP contribution is 2.23. The molecule has 2 aliphatic rings. The van der Waals surface area contributed by atoms with Crippen molar-refractivity contribution in [2.75, 3.05) is 5.32 Å². The summed E-state index contributed by atoms with van der Waals surface area (Å²) < 4.78 is 0. The minimum Gasteiger partial charge on any atom is -0.310 e. The van der Waals surface area contributed by atoms with Crippen LogP contribution in [0.4, 0.5) is 5.82 Å². The molecule has 0 spiro atoms. The molecule has 1 atom stereocenters. The Kier molecular flexibility index (Phi) is 5.20. The summed E-state index contributed by atoms with van der Waals surface area (Å²) in [6.45, 7) is 3.90. The molecule has 1 amide bonds. The number of aliphatic imine (C=N–C) groups is 1. The van der Waals surface area contributed by atoms with Crippen LogP contribution < -0.4 is 10.7 Å². The van der Waals surface area contributed by atoms with Gasteiger partial charge in [-0.2, -0.15) is 5.10 Å². The van der Waals surface area contributed by atoms with E-state index >= 15 is 0 Å². The summed E-state index contributed by atoms with van der Waals surface area (Å²) in [7, 11) is 0. The lowest BCUT2D eigenvalue weighted by atomic mass is 10.0. The molecule has 0 bridgehead atoms. The van der Waals surface area contributed by atoms with Crippen LogP contribution in [0.5, 0.6) is 0 Å². The van der Waals surface area contributed by atoms with E-state index in [1.807, 2.05) is 24.3 Å². The first-order valence-electron chi connectivity index (χ1n) is 7.67. The molecule has 0 radical (unpaired) electrons. The van der Waals surface area contributed by atoms with Crippen LogP contribution in [-0.4, -0.2) is 22.3 Å². The topological polar surface area (TPSA) is 78.7 Å². The van der Waals surface area contributed by atoms with Crippen molar-refractivity contribution in [3.8, 4) is 0 Å². The Morgan fingerprint density at radius 2 is 2.24 bits per heavy atom. The number of nitrogens with zero attached hydrogens (tertiary/aromatic N) is 3. The molecule has 2 N–H and O–H groups in total. The largest absolute Gasteiger partial charge is 0.310 e. The quantitative estimate of drug-likeness (QED) is 0.875. The first-order chi connectivity index (χ1) is 12.1. The monoisotopic (exact) mass is 353 g/mol. The van der Waals surface area contributed by atoms with E-state index in [1.165, 1.54) is 6.21 Å². The van der Waals surface area contributed by atoms with Crippen molar-refractivity contribution in [2.45, 2.75) is 6.42 Å². The summed E-state index contributed by atoms with van der Waals surface area (Å²) in [4.78, 5) is 20.9. The molecule has 3 rings (SSSR count). The Morgan fingerprint density at radius 1 is 1.36 bits per heavy atom. The highest BCUT2D eigenvalue weighted by molar-refractivity contribution is 6.80. The third-order valence-corrected chi connectivity index (χ3v) is 3.78. The van der Waals surface area contributed by atoms with E-state index in [4.69, 9.17) is 11.6 Å². The number of carbonyl (C=O) groups excluding carboxylic acids is 1. The number of hydrogen-bond donors (Lipinski definition) is 2. The number of hydrogen-bond acceptors (Lipinski definition) is 5. The second-order valence-corrected chi connectivity index (χ2v) is 5.77. The first kappa shape index (κ1) is 16.9. The summed E-state index contributed by atoms with van der Waals surface area (Å²) in [5.74, 6) is 0.171. The number of rotatable bonds is 3. The predicted octanol–water partition coefficient (Wildman–Crippen LogP) is 3.23. The summed E-state index contributed by atoms with van der Waals surface area (Å²) in [5, 5.41) is 6.94.